The fourth-order valence-electron chi connectivity index (χ4n) is 1.84. The van der Waals surface area contributed by atoms with E-state index in [9.17, 15) is 9.90 Å². The number of aliphatic carboxylic acids is 1. The van der Waals surface area contributed by atoms with Gasteiger partial charge in [-0.2, -0.15) is 0 Å². The maximum Gasteiger partial charge on any atom is 1.00 e. The van der Waals surface area contributed by atoms with Gasteiger partial charge in [-0.3, -0.25) is 0 Å². The maximum absolute atomic E-state index is 10.4. The molecule has 1 N–H and O–H groups in total. The third kappa shape index (κ3) is 14.5. The molecule has 0 aromatic rings. The SMILES string of the molecule is CCCCCCCCCCCN[C@@H](C)C(=O)[O-].[Na+]. The van der Waals surface area contributed by atoms with Crippen LogP contribution in [0.3, 0.4) is 0 Å². The molecule has 0 heterocycles. The van der Waals surface area contributed by atoms with Crippen LogP contribution in [0, 0.1) is 0 Å². The molecule has 0 aliphatic carbocycles. The fraction of sp³-hybridized carbons (Fsp3) is 0.929. The van der Waals surface area contributed by atoms with E-state index in [1.54, 1.807) is 6.92 Å². The molecule has 3 nitrogen and oxygen atoms in total. The summed E-state index contributed by atoms with van der Waals surface area (Å²) in [6.45, 7) is 4.65. The van der Waals surface area contributed by atoms with Gasteiger partial charge in [0.1, 0.15) is 0 Å². The average molecular weight is 265 g/mol. The molecule has 0 fully saturated rings. The molecule has 0 unspecified atom stereocenters. The van der Waals surface area contributed by atoms with Crippen LogP contribution in [0.2, 0.25) is 0 Å². The van der Waals surface area contributed by atoms with E-state index in [1.807, 2.05) is 0 Å². The first-order valence-electron chi connectivity index (χ1n) is 7.12. The van der Waals surface area contributed by atoms with Crippen LogP contribution in [0.25, 0.3) is 0 Å². The number of nitrogens with one attached hydrogen (secondary N) is 1. The minimum atomic E-state index is -1.01. The average Bonchev–Trinajstić information content (AvgIpc) is 2.31. The van der Waals surface area contributed by atoms with Crippen LogP contribution in [-0.2, 0) is 4.79 Å². The summed E-state index contributed by atoms with van der Waals surface area (Å²) in [7, 11) is 0. The second kappa shape index (κ2) is 15.5. The van der Waals surface area contributed by atoms with Crippen LogP contribution in [0.15, 0.2) is 0 Å². The maximum atomic E-state index is 10.4. The second-order valence-electron chi connectivity index (χ2n) is 4.82. The molecule has 4 heteroatoms. The third-order valence-electron chi connectivity index (χ3n) is 3.08. The van der Waals surface area contributed by atoms with Crippen molar-refractivity contribution in [2.45, 2.75) is 77.7 Å². The van der Waals surface area contributed by atoms with Crippen molar-refractivity contribution >= 4 is 5.97 Å². The van der Waals surface area contributed by atoms with Crippen molar-refractivity contribution in [3.8, 4) is 0 Å². The molecule has 0 radical (unpaired) electrons. The van der Waals surface area contributed by atoms with E-state index in [0.29, 0.717) is 0 Å². The standard InChI is InChI=1S/C14H29NO2.Na/c1-3-4-5-6-7-8-9-10-11-12-15-13(2)14(16)17;/h13,15H,3-12H2,1-2H3,(H,16,17);/q;+1/p-1/t13-;/m0./s1. The Morgan fingerprint density at radius 2 is 1.44 bits per heavy atom. The van der Waals surface area contributed by atoms with Crippen LogP contribution in [0.5, 0.6) is 0 Å². The Balaban J connectivity index is 0. The molecule has 18 heavy (non-hydrogen) atoms. The van der Waals surface area contributed by atoms with Gasteiger partial charge in [0.05, 0.1) is 5.97 Å². The molecule has 0 aromatic carbocycles. The molecule has 0 amide bonds. The number of hydrogen-bond donors (Lipinski definition) is 1. The minimum Gasteiger partial charge on any atom is -0.548 e. The number of carboxylic acid groups (broad SMARTS) is 1. The van der Waals surface area contributed by atoms with E-state index in [1.165, 1.54) is 51.4 Å². The smallest absolute Gasteiger partial charge is 0.548 e. The number of carbonyl (C=O) groups excluding carboxylic acids is 1. The van der Waals surface area contributed by atoms with E-state index in [2.05, 4.69) is 12.2 Å². The summed E-state index contributed by atoms with van der Waals surface area (Å²) in [6.07, 6.45) is 11.6. The normalized spacial score (nSPS) is 11.9. The van der Waals surface area contributed by atoms with Crippen molar-refractivity contribution in [2.24, 2.45) is 0 Å². The number of hydrogen-bond acceptors (Lipinski definition) is 3. The third-order valence-corrected chi connectivity index (χ3v) is 3.08. The van der Waals surface area contributed by atoms with Gasteiger partial charge in [-0.1, -0.05) is 58.3 Å². The molecule has 0 rings (SSSR count). The Hall–Kier alpha value is 0.430. The van der Waals surface area contributed by atoms with Gasteiger partial charge < -0.3 is 15.2 Å². The van der Waals surface area contributed by atoms with Crippen LogP contribution in [0.1, 0.15) is 71.6 Å². The van der Waals surface area contributed by atoms with Gasteiger partial charge in [-0.15, -0.1) is 0 Å². The van der Waals surface area contributed by atoms with Gasteiger partial charge >= 0.3 is 29.6 Å². The van der Waals surface area contributed by atoms with Crippen molar-refractivity contribution in [2.75, 3.05) is 6.54 Å². The van der Waals surface area contributed by atoms with Crippen molar-refractivity contribution < 1.29 is 39.5 Å². The van der Waals surface area contributed by atoms with Gasteiger partial charge in [0, 0.05) is 6.04 Å². The van der Waals surface area contributed by atoms with Crippen molar-refractivity contribution in [1.82, 2.24) is 5.32 Å². The summed E-state index contributed by atoms with van der Waals surface area (Å²) >= 11 is 0. The van der Waals surface area contributed by atoms with Gasteiger partial charge in [0.15, 0.2) is 0 Å². The van der Waals surface area contributed by atoms with Crippen LogP contribution in [0.4, 0.5) is 0 Å². The summed E-state index contributed by atoms with van der Waals surface area (Å²) in [6, 6.07) is -0.524. The summed E-state index contributed by atoms with van der Waals surface area (Å²) in [5.74, 6) is -1.01. The van der Waals surface area contributed by atoms with Crippen molar-refractivity contribution in [3.63, 3.8) is 0 Å². The van der Waals surface area contributed by atoms with Crippen LogP contribution in [-0.4, -0.2) is 18.6 Å². The Morgan fingerprint density at radius 3 is 1.89 bits per heavy atom. The molecule has 0 bridgehead atoms. The molecular formula is C14H28NNaO2. The first-order chi connectivity index (χ1) is 8.18. The molecule has 0 saturated heterocycles. The van der Waals surface area contributed by atoms with Crippen molar-refractivity contribution in [3.05, 3.63) is 0 Å². The molecule has 0 aliphatic heterocycles. The fourth-order valence-corrected chi connectivity index (χ4v) is 1.84. The van der Waals surface area contributed by atoms with E-state index < -0.39 is 12.0 Å². The second-order valence-corrected chi connectivity index (χ2v) is 4.82. The van der Waals surface area contributed by atoms with E-state index in [4.69, 9.17) is 0 Å². The molecule has 102 valence electrons. The molecule has 0 saturated carbocycles. The monoisotopic (exact) mass is 265 g/mol. The minimum absolute atomic E-state index is 0. The Kier molecular flexibility index (Phi) is 17.8. The van der Waals surface area contributed by atoms with Gasteiger partial charge in [0.25, 0.3) is 0 Å². The zero-order valence-corrected chi connectivity index (χ0v) is 14.5. The van der Waals surface area contributed by atoms with Gasteiger partial charge in [0.2, 0.25) is 0 Å². The van der Waals surface area contributed by atoms with E-state index in [-0.39, 0.29) is 29.6 Å². The summed E-state index contributed by atoms with van der Waals surface area (Å²) < 4.78 is 0. The number of rotatable bonds is 12. The van der Waals surface area contributed by atoms with Crippen LogP contribution >= 0.6 is 0 Å². The Morgan fingerprint density at radius 1 is 1.00 bits per heavy atom. The van der Waals surface area contributed by atoms with Crippen molar-refractivity contribution in [1.29, 1.82) is 0 Å². The zero-order chi connectivity index (χ0) is 12.9. The predicted octanol–water partition coefficient (Wildman–Crippen LogP) is -0.751. The molecule has 0 spiro atoms. The number of carboxylic acids is 1. The molecular weight excluding hydrogens is 237 g/mol. The predicted molar refractivity (Wildman–Crippen MR) is 69.7 cm³/mol. The quantitative estimate of drug-likeness (QED) is 0.373. The summed E-state index contributed by atoms with van der Waals surface area (Å²) in [4.78, 5) is 10.4. The van der Waals surface area contributed by atoms with Crippen LogP contribution < -0.4 is 40.0 Å². The summed E-state index contributed by atoms with van der Waals surface area (Å²) in [5, 5.41) is 13.4. The summed E-state index contributed by atoms with van der Waals surface area (Å²) in [5.41, 5.74) is 0. The number of unbranched alkanes of at least 4 members (excludes halogenated alkanes) is 8. The first-order valence-corrected chi connectivity index (χ1v) is 7.12. The van der Waals surface area contributed by atoms with E-state index in [0.717, 1.165) is 13.0 Å². The molecule has 1 atom stereocenters. The number of carbonyl (C=O) groups is 1. The zero-order valence-electron chi connectivity index (χ0n) is 12.5. The van der Waals surface area contributed by atoms with Gasteiger partial charge in [-0.05, 0) is 19.9 Å². The van der Waals surface area contributed by atoms with Gasteiger partial charge in [-0.25, -0.2) is 0 Å². The molecule has 0 aliphatic rings. The molecule has 0 aromatic heterocycles. The Bertz CT molecular complexity index is 189. The first kappa shape index (κ1) is 20.7. The largest absolute Gasteiger partial charge is 1.00 e. The topological polar surface area (TPSA) is 52.2 Å². The van der Waals surface area contributed by atoms with E-state index >= 15 is 0 Å². The Labute approximate surface area is 134 Å².